The fourth-order valence-electron chi connectivity index (χ4n) is 2.10. The smallest absolute Gasteiger partial charge is 0.0991 e. The molecule has 2 rings (SSSR count). The van der Waals surface area contributed by atoms with Crippen LogP contribution >= 0.6 is 0 Å². The lowest BCUT2D eigenvalue weighted by Gasteiger charge is -2.05. The predicted octanol–water partition coefficient (Wildman–Crippen LogP) is 1.88. The number of nitrogens with two attached hydrogens (primary N) is 1. The van der Waals surface area contributed by atoms with Crippen LogP contribution in [-0.4, -0.2) is 9.78 Å². The first-order valence-electron chi connectivity index (χ1n) is 5.87. The molecule has 0 aliphatic heterocycles. The lowest BCUT2D eigenvalue weighted by atomic mass is 10.1. The summed E-state index contributed by atoms with van der Waals surface area (Å²) in [5, 5.41) is 13.4. The molecular formula is C14H16N4. The summed E-state index contributed by atoms with van der Waals surface area (Å²) in [6.07, 6.45) is 0. The van der Waals surface area contributed by atoms with E-state index in [2.05, 4.69) is 11.2 Å². The molecule has 0 amide bonds. The van der Waals surface area contributed by atoms with E-state index in [4.69, 9.17) is 11.0 Å². The molecule has 0 fully saturated rings. The van der Waals surface area contributed by atoms with E-state index < -0.39 is 0 Å². The molecule has 2 N–H and O–H groups in total. The first kappa shape index (κ1) is 12.3. The Kier molecular flexibility index (Phi) is 3.45. The Morgan fingerprint density at radius 1 is 1.39 bits per heavy atom. The molecular weight excluding hydrogens is 224 g/mol. The van der Waals surface area contributed by atoms with Crippen molar-refractivity contribution in [3.63, 3.8) is 0 Å². The van der Waals surface area contributed by atoms with E-state index in [1.807, 2.05) is 36.7 Å². The average molecular weight is 240 g/mol. The molecule has 1 aromatic heterocycles. The molecule has 0 radical (unpaired) electrons. The van der Waals surface area contributed by atoms with Gasteiger partial charge in [0, 0.05) is 17.8 Å². The van der Waals surface area contributed by atoms with Crippen molar-refractivity contribution in [2.24, 2.45) is 5.73 Å². The van der Waals surface area contributed by atoms with Gasteiger partial charge in [0.15, 0.2) is 0 Å². The summed E-state index contributed by atoms with van der Waals surface area (Å²) in [6.45, 7) is 5.17. The minimum atomic E-state index is 0.510. The molecule has 0 saturated heterocycles. The number of benzene rings is 1. The predicted molar refractivity (Wildman–Crippen MR) is 69.9 cm³/mol. The third-order valence-corrected chi connectivity index (χ3v) is 3.12. The van der Waals surface area contributed by atoms with E-state index in [0.717, 1.165) is 22.5 Å². The van der Waals surface area contributed by atoms with Gasteiger partial charge in [-0.25, -0.2) is 0 Å². The summed E-state index contributed by atoms with van der Waals surface area (Å²) in [7, 11) is 0. The number of hydrogen-bond donors (Lipinski definition) is 1. The van der Waals surface area contributed by atoms with Gasteiger partial charge < -0.3 is 5.73 Å². The van der Waals surface area contributed by atoms with Crippen LogP contribution in [-0.2, 0) is 13.1 Å². The van der Waals surface area contributed by atoms with E-state index >= 15 is 0 Å². The molecule has 2 aromatic rings. The molecule has 0 aliphatic carbocycles. The Labute approximate surface area is 107 Å². The lowest BCUT2D eigenvalue weighted by molar-refractivity contribution is 0.658. The maximum absolute atomic E-state index is 8.88. The summed E-state index contributed by atoms with van der Waals surface area (Å²) in [5.41, 5.74) is 10.6. The molecule has 0 bridgehead atoms. The molecule has 1 heterocycles. The average Bonchev–Trinajstić information content (AvgIpc) is 2.64. The maximum Gasteiger partial charge on any atom is 0.0991 e. The highest BCUT2D eigenvalue weighted by atomic mass is 15.3. The number of aromatic nitrogens is 2. The minimum Gasteiger partial charge on any atom is -0.326 e. The number of hydrogen-bond acceptors (Lipinski definition) is 3. The molecule has 18 heavy (non-hydrogen) atoms. The number of nitriles is 1. The van der Waals surface area contributed by atoms with E-state index in [9.17, 15) is 0 Å². The highest BCUT2D eigenvalue weighted by Gasteiger charge is 2.10. The van der Waals surface area contributed by atoms with Crippen molar-refractivity contribution >= 4 is 0 Å². The Bertz CT molecular complexity index is 605. The summed E-state index contributed by atoms with van der Waals surface area (Å²) >= 11 is 0. The molecule has 1 aromatic carbocycles. The Balaban J connectivity index is 2.32. The van der Waals surface area contributed by atoms with Crippen LogP contribution in [0.15, 0.2) is 24.3 Å². The van der Waals surface area contributed by atoms with Crippen LogP contribution in [0.1, 0.15) is 28.1 Å². The largest absolute Gasteiger partial charge is 0.326 e. The van der Waals surface area contributed by atoms with Crippen LogP contribution in [0.2, 0.25) is 0 Å². The second kappa shape index (κ2) is 5.03. The van der Waals surface area contributed by atoms with Gasteiger partial charge >= 0.3 is 0 Å². The number of aryl methyl sites for hydroxylation is 1. The summed E-state index contributed by atoms with van der Waals surface area (Å²) in [6, 6.07) is 9.73. The van der Waals surface area contributed by atoms with Crippen molar-refractivity contribution in [3.8, 4) is 6.07 Å². The standard InChI is InChI=1S/C14H16N4/c1-10-14(8-16)11(2)18(17-10)9-13-5-3-4-12(6-13)7-15/h3-6H,8-9,16H2,1-2H3. The van der Waals surface area contributed by atoms with Crippen LogP contribution in [0.4, 0.5) is 0 Å². The highest BCUT2D eigenvalue weighted by molar-refractivity contribution is 5.33. The molecule has 4 nitrogen and oxygen atoms in total. The molecule has 0 unspecified atom stereocenters. The lowest BCUT2D eigenvalue weighted by Crippen LogP contribution is -2.05. The van der Waals surface area contributed by atoms with Gasteiger partial charge in [0.1, 0.15) is 0 Å². The zero-order valence-electron chi connectivity index (χ0n) is 10.6. The molecule has 92 valence electrons. The fourth-order valence-corrected chi connectivity index (χ4v) is 2.10. The highest BCUT2D eigenvalue weighted by Crippen LogP contribution is 2.14. The van der Waals surface area contributed by atoms with Gasteiger partial charge in [0.2, 0.25) is 0 Å². The van der Waals surface area contributed by atoms with Gasteiger partial charge in [-0.15, -0.1) is 0 Å². The van der Waals surface area contributed by atoms with E-state index in [0.29, 0.717) is 18.7 Å². The summed E-state index contributed by atoms with van der Waals surface area (Å²) in [4.78, 5) is 0. The second-order valence-electron chi connectivity index (χ2n) is 4.32. The first-order valence-corrected chi connectivity index (χ1v) is 5.87. The van der Waals surface area contributed by atoms with Gasteiger partial charge in [-0.05, 0) is 31.5 Å². The van der Waals surface area contributed by atoms with E-state index in [1.54, 1.807) is 6.07 Å². The zero-order valence-corrected chi connectivity index (χ0v) is 10.6. The third kappa shape index (κ3) is 2.27. The minimum absolute atomic E-state index is 0.510. The van der Waals surface area contributed by atoms with E-state index in [1.165, 1.54) is 0 Å². The molecule has 4 heteroatoms. The van der Waals surface area contributed by atoms with Crippen molar-refractivity contribution in [2.45, 2.75) is 26.9 Å². The topological polar surface area (TPSA) is 67.6 Å². The Morgan fingerprint density at radius 2 is 2.17 bits per heavy atom. The van der Waals surface area contributed by atoms with Crippen LogP contribution in [0.25, 0.3) is 0 Å². The van der Waals surface area contributed by atoms with Crippen molar-refractivity contribution in [2.75, 3.05) is 0 Å². The molecule has 0 saturated carbocycles. The third-order valence-electron chi connectivity index (χ3n) is 3.12. The number of rotatable bonds is 3. The SMILES string of the molecule is Cc1nn(Cc2cccc(C#N)c2)c(C)c1CN. The summed E-state index contributed by atoms with van der Waals surface area (Å²) in [5.74, 6) is 0. The van der Waals surface area contributed by atoms with Gasteiger partial charge in [-0.3, -0.25) is 4.68 Å². The maximum atomic E-state index is 8.88. The van der Waals surface area contributed by atoms with Gasteiger partial charge in [0.25, 0.3) is 0 Å². The Morgan fingerprint density at radius 3 is 2.78 bits per heavy atom. The second-order valence-corrected chi connectivity index (χ2v) is 4.32. The van der Waals surface area contributed by atoms with E-state index in [-0.39, 0.29) is 0 Å². The molecule has 0 spiro atoms. The van der Waals surface area contributed by atoms with Crippen LogP contribution in [0, 0.1) is 25.2 Å². The normalized spacial score (nSPS) is 10.3. The van der Waals surface area contributed by atoms with Crippen LogP contribution in [0.3, 0.4) is 0 Å². The summed E-state index contributed by atoms with van der Waals surface area (Å²) < 4.78 is 1.94. The zero-order chi connectivity index (χ0) is 13.1. The van der Waals surface area contributed by atoms with Crippen molar-refractivity contribution in [1.29, 1.82) is 5.26 Å². The van der Waals surface area contributed by atoms with Gasteiger partial charge in [-0.2, -0.15) is 10.4 Å². The van der Waals surface area contributed by atoms with Crippen molar-refractivity contribution in [1.82, 2.24) is 9.78 Å². The monoisotopic (exact) mass is 240 g/mol. The fraction of sp³-hybridized carbons (Fsp3) is 0.286. The number of nitrogens with zero attached hydrogens (tertiary/aromatic N) is 3. The molecule has 0 aliphatic rings. The van der Waals surface area contributed by atoms with Crippen molar-refractivity contribution < 1.29 is 0 Å². The van der Waals surface area contributed by atoms with Crippen LogP contribution < -0.4 is 5.73 Å². The quantitative estimate of drug-likeness (QED) is 0.890. The van der Waals surface area contributed by atoms with Gasteiger partial charge in [0.05, 0.1) is 23.9 Å². The molecule has 0 atom stereocenters. The van der Waals surface area contributed by atoms with Gasteiger partial charge in [-0.1, -0.05) is 12.1 Å². The van der Waals surface area contributed by atoms with Crippen molar-refractivity contribution in [3.05, 3.63) is 52.3 Å². The van der Waals surface area contributed by atoms with Crippen LogP contribution in [0.5, 0.6) is 0 Å². The first-order chi connectivity index (χ1) is 8.65. The Hall–Kier alpha value is -2.12.